The minimum atomic E-state index is -0.484. The molecule has 0 aromatic heterocycles. The van der Waals surface area contributed by atoms with Gasteiger partial charge in [-0.3, -0.25) is 34.8 Å². The van der Waals surface area contributed by atoms with Gasteiger partial charge in [-0.25, -0.2) is 0 Å². The van der Waals surface area contributed by atoms with Crippen LogP contribution < -0.4 is 4.90 Å². The van der Waals surface area contributed by atoms with Crippen LogP contribution in [0.25, 0.3) is 0 Å². The maximum absolute atomic E-state index is 13.0. The van der Waals surface area contributed by atoms with E-state index in [2.05, 4.69) is 4.90 Å². The summed E-state index contributed by atoms with van der Waals surface area (Å²) in [5.74, 6) is -0.0512. The topological polar surface area (TPSA) is 110 Å². The number of anilines is 1. The molecule has 2 atom stereocenters. The Morgan fingerprint density at radius 3 is 2.00 bits per heavy atom. The molecule has 2 heterocycles. The molecule has 2 aromatic carbocycles. The van der Waals surface area contributed by atoms with E-state index in [4.69, 9.17) is 0 Å². The van der Waals surface area contributed by atoms with E-state index in [1.54, 1.807) is 29.2 Å². The Hall–Kier alpha value is -3.33. The standard InChI is InChI=1S/C18H16N4O5/c23-18-16-2-1-11-19(16)17(12-3-5-14(6-4-12)21(24)25)20(18)13-7-9-15(10-8-13)22(26)27/h3-10,16-17H,1-2,11H2/t16-,17-/m0/s1. The zero-order valence-corrected chi connectivity index (χ0v) is 14.2. The van der Waals surface area contributed by atoms with Crippen molar-refractivity contribution in [3.05, 3.63) is 74.3 Å². The monoisotopic (exact) mass is 368 g/mol. The molecule has 0 bridgehead atoms. The van der Waals surface area contributed by atoms with Crippen molar-refractivity contribution in [3.63, 3.8) is 0 Å². The van der Waals surface area contributed by atoms with Crippen molar-refractivity contribution >= 4 is 23.0 Å². The molecule has 0 saturated carbocycles. The van der Waals surface area contributed by atoms with Crippen molar-refractivity contribution in [2.24, 2.45) is 0 Å². The molecule has 2 aliphatic rings. The van der Waals surface area contributed by atoms with Crippen LogP contribution in [0.3, 0.4) is 0 Å². The van der Waals surface area contributed by atoms with Crippen molar-refractivity contribution in [2.45, 2.75) is 25.0 Å². The average Bonchev–Trinajstić information content (AvgIpc) is 3.24. The van der Waals surface area contributed by atoms with Gasteiger partial charge in [-0.15, -0.1) is 0 Å². The van der Waals surface area contributed by atoms with Crippen LogP contribution in [0, 0.1) is 20.2 Å². The van der Waals surface area contributed by atoms with E-state index in [-0.39, 0.29) is 29.5 Å². The fourth-order valence-electron chi connectivity index (χ4n) is 3.89. The molecular weight excluding hydrogens is 352 g/mol. The average molecular weight is 368 g/mol. The third-order valence-electron chi connectivity index (χ3n) is 5.12. The van der Waals surface area contributed by atoms with Crippen LogP contribution in [0.5, 0.6) is 0 Å². The maximum atomic E-state index is 13.0. The molecule has 2 saturated heterocycles. The van der Waals surface area contributed by atoms with Gasteiger partial charge in [0, 0.05) is 36.5 Å². The van der Waals surface area contributed by atoms with Crippen LogP contribution in [-0.4, -0.2) is 33.2 Å². The van der Waals surface area contributed by atoms with Crippen LogP contribution >= 0.6 is 0 Å². The molecule has 0 spiro atoms. The first kappa shape index (κ1) is 17.1. The van der Waals surface area contributed by atoms with E-state index in [0.29, 0.717) is 5.69 Å². The summed E-state index contributed by atoms with van der Waals surface area (Å²) in [7, 11) is 0. The molecule has 2 aliphatic heterocycles. The van der Waals surface area contributed by atoms with Gasteiger partial charge >= 0.3 is 0 Å². The van der Waals surface area contributed by atoms with E-state index in [1.807, 2.05) is 0 Å². The van der Waals surface area contributed by atoms with Crippen molar-refractivity contribution < 1.29 is 14.6 Å². The summed E-state index contributed by atoms with van der Waals surface area (Å²) in [6.45, 7) is 0.752. The lowest BCUT2D eigenvalue weighted by Gasteiger charge is -2.29. The van der Waals surface area contributed by atoms with Crippen LogP contribution in [0.1, 0.15) is 24.6 Å². The van der Waals surface area contributed by atoms with Gasteiger partial charge in [0.15, 0.2) is 0 Å². The van der Waals surface area contributed by atoms with Crippen LogP contribution in [0.4, 0.5) is 17.1 Å². The lowest BCUT2D eigenvalue weighted by molar-refractivity contribution is -0.385. The Labute approximate surface area is 154 Å². The second-order valence-corrected chi connectivity index (χ2v) is 6.60. The van der Waals surface area contributed by atoms with Crippen molar-refractivity contribution in [3.8, 4) is 0 Å². The Bertz CT molecular complexity index is 912. The van der Waals surface area contributed by atoms with E-state index in [0.717, 1.165) is 24.9 Å². The summed E-state index contributed by atoms with van der Waals surface area (Å²) >= 11 is 0. The van der Waals surface area contributed by atoms with E-state index in [9.17, 15) is 25.0 Å². The van der Waals surface area contributed by atoms with Gasteiger partial charge < -0.3 is 0 Å². The van der Waals surface area contributed by atoms with Crippen molar-refractivity contribution in [1.29, 1.82) is 0 Å². The van der Waals surface area contributed by atoms with Crippen molar-refractivity contribution in [1.82, 2.24) is 4.90 Å². The van der Waals surface area contributed by atoms with Gasteiger partial charge in [0.05, 0.1) is 15.9 Å². The normalized spacial score (nSPS) is 22.1. The number of fused-ring (bicyclic) bond motifs is 1. The molecule has 1 amide bonds. The largest absolute Gasteiger partial charge is 0.291 e. The van der Waals surface area contributed by atoms with Gasteiger partial charge in [-0.2, -0.15) is 0 Å². The molecule has 2 fully saturated rings. The molecule has 0 aliphatic carbocycles. The highest BCUT2D eigenvalue weighted by Gasteiger charge is 2.49. The molecule has 9 heteroatoms. The zero-order valence-electron chi connectivity index (χ0n) is 14.2. The molecule has 0 unspecified atom stereocenters. The predicted octanol–water partition coefficient (Wildman–Crippen LogP) is 3.01. The summed E-state index contributed by atoms with van der Waals surface area (Å²) in [6.07, 6.45) is 1.28. The first-order chi connectivity index (χ1) is 13.0. The van der Waals surface area contributed by atoms with E-state index < -0.39 is 9.85 Å². The third kappa shape index (κ3) is 2.81. The number of hydrogen-bond acceptors (Lipinski definition) is 6. The molecule has 2 aromatic rings. The first-order valence-electron chi connectivity index (χ1n) is 8.55. The Morgan fingerprint density at radius 2 is 1.44 bits per heavy atom. The number of carbonyl (C=O) groups is 1. The number of nitrogens with zero attached hydrogens (tertiary/aromatic N) is 4. The number of carbonyl (C=O) groups excluding carboxylic acids is 1. The highest BCUT2D eigenvalue weighted by molar-refractivity contribution is 6.00. The smallest absolute Gasteiger partial charge is 0.269 e. The van der Waals surface area contributed by atoms with Gasteiger partial charge in [0.25, 0.3) is 11.4 Å². The number of benzene rings is 2. The van der Waals surface area contributed by atoms with Gasteiger partial charge in [-0.05, 0) is 42.7 Å². The molecule has 4 rings (SSSR count). The van der Waals surface area contributed by atoms with Gasteiger partial charge in [0.1, 0.15) is 6.17 Å². The number of nitro benzene ring substituents is 2. The summed E-state index contributed by atoms with van der Waals surface area (Å²) < 4.78 is 0. The SMILES string of the molecule is O=C1[C@@H]2CCCN2[C@H](c2ccc([N+](=O)[O-])cc2)N1c1ccc([N+](=O)[O-])cc1. The Kier molecular flexibility index (Phi) is 4.08. The molecular formula is C18H16N4O5. The highest BCUT2D eigenvalue weighted by atomic mass is 16.6. The number of amides is 1. The van der Waals surface area contributed by atoms with Crippen LogP contribution in [-0.2, 0) is 4.79 Å². The number of nitro groups is 2. The molecule has 0 radical (unpaired) electrons. The van der Waals surface area contributed by atoms with Gasteiger partial charge in [-0.1, -0.05) is 0 Å². The van der Waals surface area contributed by atoms with Crippen LogP contribution in [0.2, 0.25) is 0 Å². The van der Waals surface area contributed by atoms with Crippen LogP contribution in [0.15, 0.2) is 48.5 Å². The second kappa shape index (κ2) is 6.44. The Balaban J connectivity index is 1.74. The summed E-state index contributed by atoms with van der Waals surface area (Å²) in [6, 6.07) is 11.8. The number of rotatable bonds is 4. The van der Waals surface area contributed by atoms with E-state index >= 15 is 0 Å². The molecule has 9 nitrogen and oxygen atoms in total. The molecule has 27 heavy (non-hydrogen) atoms. The number of non-ortho nitro benzene ring substituents is 2. The summed E-state index contributed by atoms with van der Waals surface area (Å²) in [5.41, 5.74) is 1.29. The summed E-state index contributed by atoms with van der Waals surface area (Å²) in [4.78, 5) is 37.6. The fraction of sp³-hybridized carbons (Fsp3) is 0.278. The minimum Gasteiger partial charge on any atom is -0.291 e. The summed E-state index contributed by atoms with van der Waals surface area (Å²) in [5, 5.41) is 21.8. The second-order valence-electron chi connectivity index (χ2n) is 6.60. The minimum absolute atomic E-state index is 0.0112. The molecule has 0 N–H and O–H groups in total. The third-order valence-corrected chi connectivity index (χ3v) is 5.12. The Morgan fingerprint density at radius 1 is 0.889 bits per heavy atom. The van der Waals surface area contributed by atoms with Gasteiger partial charge in [0.2, 0.25) is 5.91 Å². The lowest BCUT2D eigenvalue weighted by atomic mass is 10.1. The fourth-order valence-corrected chi connectivity index (χ4v) is 3.89. The molecule has 138 valence electrons. The zero-order chi connectivity index (χ0) is 19.1. The number of hydrogen-bond donors (Lipinski definition) is 0. The highest BCUT2D eigenvalue weighted by Crippen LogP contribution is 2.42. The predicted molar refractivity (Wildman–Crippen MR) is 96.1 cm³/mol. The van der Waals surface area contributed by atoms with Crippen molar-refractivity contribution in [2.75, 3.05) is 11.4 Å². The first-order valence-corrected chi connectivity index (χ1v) is 8.55. The maximum Gasteiger partial charge on any atom is 0.269 e. The van der Waals surface area contributed by atoms with E-state index in [1.165, 1.54) is 24.3 Å². The quantitative estimate of drug-likeness (QED) is 0.606. The lowest BCUT2D eigenvalue weighted by Crippen LogP contribution is -2.32.